The van der Waals surface area contributed by atoms with Crippen LogP contribution in [0.2, 0.25) is 0 Å². The van der Waals surface area contributed by atoms with E-state index < -0.39 is 0 Å². The minimum absolute atomic E-state index is 0.248. The first-order valence-electron chi connectivity index (χ1n) is 10.2. The molecule has 0 aliphatic heterocycles. The molecule has 0 radical (unpaired) electrons. The van der Waals surface area contributed by atoms with E-state index in [1.165, 1.54) is 6.07 Å². The van der Waals surface area contributed by atoms with Gasteiger partial charge in [0, 0.05) is 17.1 Å². The molecule has 1 aromatic heterocycles. The number of aromatic nitrogens is 1. The van der Waals surface area contributed by atoms with E-state index in [2.05, 4.69) is 68.8 Å². The normalized spacial score (nSPS) is 13.5. The van der Waals surface area contributed by atoms with Crippen LogP contribution in [0.5, 0.6) is 0 Å². The number of fused-ring (bicyclic) bond motifs is 1. The molecule has 29 heavy (non-hydrogen) atoms. The Balaban J connectivity index is 2.12. The molecule has 0 saturated heterocycles. The zero-order valence-electron chi connectivity index (χ0n) is 17.5. The van der Waals surface area contributed by atoms with Gasteiger partial charge in [-0.25, -0.2) is 4.39 Å². The minimum atomic E-state index is -0.248. The molecule has 0 N–H and O–H groups in total. The summed E-state index contributed by atoms with van der Waals surface area (Å²) in [6, 6.07) is 15.6. The molecular formula is C27H28FN. The van der Waals surface area contributed by atoms with Gasteiger partial charge >= 0.3 is 0 Å². The Morgan fingerprint density at radius 2 is 1.93 bits per heavy atom. The summed E-state index contributed by atoms with van der Waals surface area (Å²) in [5.41, 5.74) is 5.88. The highest BCUT2D eigenvalue weighted by Crippen LogP contribution is 2.30. The monoisotopic (exact) mass is 385 g/mol. The lowest BCUT2D eigenvalue weighted by Gasteiger charge is -2.12. The molecule has 148 valence electrons. The largest absolute Gasteiger partial charge is 0.256 e. The van der Waals surface area contributed by atoms with Gasteiger partial charge in [-0.15, -0.1) is 0 Å². The SMILES string of the molecule is C=Cc1cc(/C(C)=C(/C=C\CC(C)CC)c2ccc3ncccc3c2)ccc1F. The van der Waals surface area contributed by atoms with E-state index in [1.807, 2.05) is 24.4 Å². The van der Waals surface area contributed by atoms with Crippen LogP contribution in [-0.4, -0.2) is 4.98 Å². The van der Waals surface area contributed by atoms with Crippen molar-refractivity contribution in [3.05, 3.63) is 96.0 Å². The first-order valence-corrected chi connectivity index (χ1v) is 10.2. The second-order valence-corrected chi connectivity index (χ2v) is 7.54. The number of pyridine rings is 1. The van der Waals surface area contributed by atoms with Crippen LogP contribution >= 0.6 is 0 Å². The maximum atomic E-state index is 14.0. The zero-order chi connectivity index (χ0) is 20.8. The number of benzene rings is 2. The first kappa shape index (κ1) is 20.7. The van der Waals surface area contributed by atoms with E-state index in [1.54, 1.807) is 6.08 Å². The minimum Gasteiger partial charge on any atom is -0.256 e. The molecule has 1 nitrogen and oxygen atoms in total. The highest BCUT2D eigenvalue weighted by Gasteiger charge is 2.09. The number of rotatable bonds is 7. The number of allylic oxidation sites excluding steroid dienone is 4. The van der Waals surface area contributed by atoms with E-state index in [0.717, 1.165) is 46.0 Å². The van der Waals surface area contributed by atoms with Gasteiger partial charge in [-0.3, -0.25) is 4.98 Å². The predicted octanol–water partition coefficient (Wildman–Crippen LogP) is 7.94. The van der Waals surface area contributed by atoms with E-state index in [9.17, 15) is 4.39 Å². The van der Waals surface area contributed by atoms with E-state index in [-0.39, 0.29) is 5.82 Å². The topological polar surface area (TPSA) is 12.9 Å². The Labute approximate surface area is 173 Å². The Kier molecular flexibility index (Phi) is 6.77. The Morgan fingerprint density at radius 1 is 1.14 bits per heavy atom. The molecular weight excluding hydrogens is 357 g/mol. The fourth-order valence-corrected chi connectivity index (χ4v) is 3.35. The van der Waals surface area contributed by atoms with Crippen molar-refractivity contribution in [2.45, 2.75) is 33.6 Å². The van der Waals surface area contributed by atoms with Crippen LogP contribution in [0.1, 0.15) is 50.3 Å². The molecule has 0 spiro atoms. The van der Waals surface area contributed by atoms with Crippen LogP contribution in [0.15, 0.2) is 73.5 Å². The van der Waals surface area contributed by atoms with Crippen molar-refractivity contribution in [1.82, 2.24) is 4.98 Å². The fraction of sp³-hybridized carbons (Fsp3) is 0.222. The number of hydrogen-bond donors (Lipinski definition) is 0. The summed E-state index contributed by atoms with van der Waals surface area (Å²) in [6.45, 7) is 10.3. The standard InChI is InChI=1S/C27H28FN/c1-5-19(3)9-7-11-25(20(4)22-12-14-26(28)21(6-2)17-22)23-13-15-27-24(18-23)10-8-16-29-27/h6-8,10-19H,2,5,9H2,1,3-4H3/b11-7-,25-20-. The van der Waals surface area contributed by atoms with E-state index >= 15 is 0 Å². The molecule has 1 atom stereocenters. The summed E-state index contributed by atoms with van der Waals surface area (Å²) in [4.78, 5) is 4.43. The van der Waals surface area contributed by atoms with Gasteiger partial charge in [-0.1, -0.05) is 63.3 Å². The van der Waals surface area contributed by atoms with Gasteiger partial charge < -0.3 is 0 Å². The Hall–Kier alpha value is -3.00. The van der Waals surface area contributed by atoms with Crippen LogP contribution in [-0.2, 0) is 0 Å². The summed E-state index contributed by atoms with van der Waals surface area (Å²) >= 11 is 0. The van der Waals surface area contributed by atoms with Gasteiger partial charge in [0.2, 0.25) is 0 Å². The lowest BCUT2D eigenvalue weighted by molar-refractivity contribution is 0.572. The van der Waals surface area contributed by atoms with Crippen LogP contribution in [0.25, 0.3) is 28.1 Å². The van der Waals surface area contributed by atoms with Crippen LogP contribution in [0.3, 0.4) is 0 Å². The second kappa shape index (κ2) is 9.47. The Morgan fingerprint density at radius 3 is 2.69 bits per heavy atom. The van der Waals surface area contributed by atoms with Gasteiger partial charge in [0.1, 0.15) is 5.82 Å². The van der Waals surface area contributed by atoms with Crippen molar-refractivity contribution < 1.29 is 4.39 Å². The molecule has 0 amide bonds. The smallest absolute Gasteiger partial charge is 0.130 e. The molecule has 1 heterocycles. The summed E-state index contributed by atoms with van der Waals surface area (Å²) in [7, 11) is 0. The van der Waals surface area contributed by atoms with E-state index in [0.29, 0.717) is 11.5 Å². The van der Waals surface area contributed by atoms with Crippen LogP contribution < -0.4 is 0 Å². The molecule has 1 unspecified atom stereocenters. The van der Waals surface area contributed by atoms with Gasteiger partial charge in [-0.05, 0) is 71.9 Å². The van der Waals surface area contributed by atoms with Crippen molar-refractivity contribution in [1.29, 1.82) is 0 Å². The molecule has 2 heteroatoms. The molecule has 0 fully saturated rings. The molecule has 0 aliphatic rings. The third-order valence-corrected chi connectivity index (χ3v) is 5.49. The predicted molar refractivity (Wildman–Crippen MR) is 124 cm³/mol. The Bertz CT molecular complexity index is 1070. The number of halogens is 1. The summed E-state index contributed by atoms with van der Waals surface area (Å²) < 4.78 is 14.0. The van der Waals surface area contributed by atoms with Crippen molar-refractivity contribution in [2.75, 3.05) is 0 Å². The molecule has 0 saturated carbocycles. The van der Waals surface area contributed by atoms with Crippen molar-refractivity contribution >= 4 is 28.1 Å². The molecule has 0 aliphatic carbocycles. The van der Waals surface area contributed by atoms with Crippen molar-refractivity contribution in [3.8, 4) is 0 Å². The number of hydrogen-bond acceptors (Lipinski definition) is 1. The maximum Gasteiger partial charge on any atom is 0.130 e. The van der Waals surface area contributed by atoms with Gasteiger partial charge in [0.15, 0.2) is 0 Å². The third kappa shape index (κ3) is 4.89. The van der Waals surface area contributed by atoms with Gasteiger partial charge in [0.05, 0.1) is 5.52 Å². The third-order valence-electron chi connectivity index (χ3n) is 5.49. The van der Waals surface area contributed by atoms with Crippen LogP contribution in [0.4, 0.5) is 4.39 Å². The summed E-state index contributed by atoms with van der Waals surface area (Å²) in [6.07, 6.45) is 10.0. The average Bonchev–Trinajstić information content (AvgIpc) is 2.76. The quantitative estimate of drug-likeness (QED) is 0.297. The highest BCUT2D eigenvalue weighted by atomic mass is 19.1. The maximum absolute atomic E-state index is 14.0. The highest BCUT2D eigenvalue weighted by molar-refractivity contribution is 5.97. The van der Waals surface area contributed by atoms with E-state index in [4.69, 9.17) is 0 Å². The molecule has 0 bridgehead atoms. The van der Waals surface area contributed by atoms with Gasteiger partial charge in [-0.2, -0.15) is 0 Å². The summed E-state index contributed by atoms with van der Waals surface area (Å²) in [5.74, 6) is 0.397. The summed E-state index contributed by atoms with van der Waals surface area (Å²) in [5, 5.41) is 1.11. The lowest BCUT2D eigenvalue weighted by Crippen LogP contribution is -1.92. The molecule has 2 aromatic carbocycles. The lowest BCUT2D eigenvalue weighted by atomic mass is 9.92. The molecule has 3 rings (SSSR count). The van der Waals surface area contributed by atoms with Crippen molar-refractivity contribution in [3.63, 3.8) is 0 Å². The zero-order valence-corrected chi connectivity index (χ0v) is 17.5. The molecule has 3 aromatic rings. The van der Waals surface area contributed by atoms with Crippen molar-refractivity contribution in [2.24, 2.45) is 5.92 Å². The average molecular weight is 386 g/mol. The fourth-order valence-electron chi connectivity index (χ4n) is 3.35. The second-order valence-electron chi connectivity index (χ2n) is 7.54. The van der Waals surface area contributed by atoms with Crippen LogP contribution in [0, 0.1) is 11.7 Å². The van der Waals surface area contributed by atoms with Gasteiger partial charge in [0.25, 0.3) is 0 Å². The number of nitrogens with zero attached hydrogens (tertiary/aromatic N) is 1. The first-order chi connectivity index (χ1) is 14.0.